The average Bonchev–Trinajstić information content (AvgIpc) is 2.99. The van der Waals surface area contributed by atoms with Gasteiger partial charge >= 0.3 is 0 Å². The fraction of sp³-hybridized carbons (Fsp3) is 0.294. The van der Waals surface area contributed by atoms with E-state index < -0.39 is 0 Å². The van der Waals surface area contributed by atoms with E-state index in [0.29, 0.717) is 5.92 Å². The molecule has 0 saturated carbocycles. The Bertz CT molecular complexity index is 489. The van der Waals surface area contributed by atoms with Gasteiger partial charge in [-0.25, -0.2) is 0 Å². The van der Waals surface area contributed by atoms with Gasteiger partial charge in [-0.1, -0.05) is 60.2 Å². The van der Waals surface area contributed by atoms with Crippen LogP contribution in [0.1, 0.15) is 42.7 Å². The van der Waals surface area contributed by atoms with Crippen LogP contribution in [0.5, 0.6) is 0 Å². The van der Waals surface area contributed by atoms with Crippen molar-refractivity contribution in [1.82, 2.24) is 0 Å². The van der Waals surface area contributed by atoms with E-state index >= 15 is 0 Å². The first-order chi connectivity index (χ1) is 8.43. The molecule has 0 amide bonds. The molecule has 0 aromatic heterocycles. The van der Waals surface area contributed by atoms with Crippen molar-refractivity contribution in [3.63, 3.8) is 0 Å². The second-order valence-corrected chi connectivity index (χ2v) is 4.94. The fourth-order valence-corrected chi connectivity index (χ4v) is 2.80. The molecule has 0 bridgehead atoms. The van der Waals surface area contributed by atoms with E-state index in [1.165, 1.54) is 36.8 Å². The second kappa shape index (κ2) is 4.75. The number of fused-ring (bicyclic) bond motifs is 1. The lowest BCUT2D eigenvalue weighted by molar-refractivity contribution is 0.675. The Morgan fingerprint density at radius 3 is 3.00 bits per heavy atom. The van der Waals surface area contributed by atoms with Crippen molar-refractivity contribution in [2.45, 2.75) is 31.6 Å². The Morgan fingerprint density at radius 1 is 1.18 bits per heavy atom. The summed E-state index contributed by atoms with van der Waals surface area (Å²) < 4.78 is 0. The predicted molar refractivity (Wildman–Crippen MR) is 73.9 cm³/mol. The third kappa shape index (κ3) is 2.26. The standard InChI is InChI=1S/C17H18/c1-2-7-14(6-1)8-5-10-16-13-12-15-9-3-4-11-17(15)16/h1-4,6,9,11-13,16H,5,7-8,10H2. The van der Waals surface area contributed by atoms with Crippen molar-refractivity contribution in [3.8, 4) is 0 Å². The van der Waals surface area contributed by atoms with Gasteiger partial charge in [0.2, 0.25) is 0 Å². The summed E-state index contributed by atoms with van der Waals surface area (Å²) in [6.45, 7) is 0. The van der Waals surface area contributed by atoms with E-state index in [9.17, 15) is 0 Å². The monoisotopic (exact) mass is 222 g/mol. The van der Waals surface area contributed by atoms with Crippen molar-refractivity contribution in [2.75, 3.05) is 0 Å². The SMILES string of the molecule is C1=CCC(CCCC2C=Cc3ccccc32)=C1. The second-order valence-electron chi connectivity index (χ2n) is 4.94. The van der Waals surface area contributed by atoms with Gasteiger partial charge in [-0.3, -0.25) is 0 Å². The highest BCUT2D eigenvalue weighted by molar-refractivity contribution is 5.62. The normalized spacial score (nSPS) is 20.7. The maximum atomic E-state index is 2.37. The van der Waals surface area contributed by atoms with Crippen LogP contribution in [0.3, 0.4) is 0 Å². The molecule has 1 unspecified atom stereocenters. The van der Waals surface area contributed by atoms with E-state index in [2.05, 4.69) is 54.6 Å². The number of allylic oxidation sites excluding steroid dienone is 5. The molecule has 0 saturated heterocycles. The van der Waals surface area contributed by atoms with E-state index in [4.69, 9.17) is 0 Å². The largest absolute Gasteiger partial charge is 0.0805 e. The highest BCUT2D eigenvalue weighted by Crippen LogP contribution is 2.34. The number of benzene rings is 1. The molecule has 1 aromatic rings. The zero-order valence-corrected chi connectivity index (χ0v) is 10.1. The van der Waals surface area contributed by atoms with Crippen molar-refractivity contribution < 1.29 is 0 Å². The van der Waals surface area contributed by atoms with Crippen molar-refractivity contribution in [3.05, 3.63) is 65.3 Å². The minimum absolute atomic E-state index is 0.654. The Hall–Kier alpha value is -1.56. The molecule has 2 aliphatic rings. The summed E-state index contributed by atoms with van der Waals surface area (Å²) in [5, 5.41) is 0. The topological polar surface area (TPSA) is 0 Å². The van der Waals surface area contributed by atoms with Gasteiger partial charge in [-0.05, 0) is 36.8 Å². The summed E-state index contributed by atoms with van der Waals surface area (Å²) in [4.78, 5) is 0. The summed E-state index contributed by atoms with van der Waals surface area (Å²) >= 11 is 0. The number of rotatable bonds is 4. The molecule has 86 valence electrons. The van der Waals surface area contributed by atoms with E-state index in [1.807, 2.05) is 0 Å². The van der Waals surface area contributed by atoms with Gasteiger partial charge in [0.05, 0.1) is 0 Å². The predicted octanol–water partition coefficient (Wildman–Crippen LogP) is 4.85. The van der Waals surface area contributed by atoms with Gasteiger partial charge in [0, 0.05) is 5.92 Å². The highest BCUT2D eigenvalue weighted by atomic mass is 14.2. The molecule has 0 radical (unpaired) electrons. The molecule has 0 heteroatoms. The van der Waals surface area contributed by atoms with E-state index in [1.54, 1.807) is 5.57 Å². The maximum Gasteiger partial charge on any atom is 0.00273 e. The summed E-state index contributed by atoms with van der Waals surface area (Å²) in [5.74, 6) is 0.654. The Labute approximate surface area is 103 Å². The third-order valence-electron chi connectivity index (χ3n) is 3.76. The summed E-state index contributed by atoms with van der Waals surface area (Å²) in [7, 11) is 0. The van der Waals surface area contributed by atoms with Crippen LogP contribution in [0.15, 0.2) is 54.1 Å². The average molecular weight is 222 g/mol. The molecule has 17 heavy (non-hydrogen) atoms. The third-order valence-corrected chi connectivity index (χ3v) is 3.76. The molecule has 0 heterocycles. The van der Waals surface area contributed by atoms with Crippen molar-refractivity contribution in [2.24, 2.45) is 0 Å². The molecule has 0 fully saturated rings. The minimum Gasteiger partial charge on any atom is -0.0805 e. The quantitative estimate of drug-likeness (QED) is 0.683. The van der Waals surface area contributed by atoms with E-state index in [0.717, 1.165) is 0 Å². The summed E-state index contributed by atoms with van der Waals surface area (Å²) in [6.07, 6.45) is 16.4. The molecular formula is C17H18. The lowest BCUT2D eigenvalue weighted by Crippen LogP contribution is -1.93. The number of hydrogen-bond acceptors (Lipinski definition) is 0. The molecule has 2 aliphatic carbocycles. The van der Waals surface area contributed by atoms with Crippen LogP contribution in [0.2, 0.25) is 0 Å². The summed E-state index contributed by atoms with van der Waals surface area (Å²) in [6, 6.07) is 8.77. The molecule has 1 atom stereocenters. The molecule has 0 nitrogen and oxygen atoms in total. The van der Waals surface area contributed by atoms with E-state index in [-0.39, 0.29) is 0 Å². The van der Waals surface area contributed by atoms with Crippen LogP contribution in [-0.2, 0) is 0 Å². The van der Waals surface area contributed by atoms with Crippen LogP contribution in [0.25, 0.3) is 6.08 Å². The van der Waals surface area contributed by atoms with Crippen LogP contribution in [0, 0.1) is 0 Å². The molecular weight excluding hydrogens is 204 g/mol. The van der Waals surface area contributed by atoms with Crippen LogP contribution >= 0.6 is 0 Å². The first-order valence-electron chi connectivity index (χ1n) is 6.55. The van der Waals surface area contributed by atoms with Gasteiger partial charge in [0.1, 0.15) is 0 Å². The smallest absolute Gasteiger partial charge is 0.00273 e. The molecule has 1 aromatic carbocycles. The number of hydrogen-bond donors (Lipinski definition) is 0. The van der Waals surface area contributed by atoms with Gasteiger partial charge in [-0.15, -0.1) is 0 Å². The van der Waals surface area contributed by atoms with Crippen LogP contribution in [0.4, 0.5) is 0 Å². The minimum atomic E-state index is 0.654. The van der Waals surface area contributed by atoms with Gasteiger partial charge in [0.25, 0.3) is 0 Å². The first kappa shape index (κ1) is 10.6. The maximum absolute atomic E-state index is 2.37. The Morgan fingerprint density at radius 2 is 2.12 bits per heavy atom. The zero-order valence-electron chi connectivity index (χ0n) is 10.1. The Kier molecular flexibility index (Phi) is 2.96. The van der Waals surface area contributed by atoms with Gasteiger partial charge in [0.15, 0.2) is 0 Å². The lowest BCUT2D eigenvalue weighted by Gasteiger charge is -2.10. The van der Waals surface area contributed by atoms with Crippen molar-refractivity contribution in [1.29, 1.82) is 0 Å². The highest BCUT2D eigenvalue weighted by Gasteiger charge is 2.15. The fourth-order valence-electron chi connectivity index (χ4n) is 2.80. The molecule has 0 spiro atoms. The Balaban J connectivity index is 1.55. The first-order valence-corrected chi connectivity index (χ1v) is 6.55. The zero-order chi connectivity index (χ0) is 11.5. The molecule has 3 rings (SSSR count). The van der Waals surface area contributed by atoms with Crippen LogP contribution < -0.4 is 0 Å². The molecule has 0 N–H and O–H groups in total. The summed E-state index contributed by atoms with van der Waals surface area (Å²) in [5.41, 5.74) is 4.53. The van der Waals surface area contributed by atoms with Crippen molar-refractivity contribution >= 4 is 6.08 Å². The lowest BCUT2D eigenvalue weighted by atomic mass is 9.94. The van der Waals surface area contributed by atoms with Gasteiger partial charge < -0.3 is 0 Å². The van der Waals surface area contributed by atoms with Crippen LogP contribution in [-0.4, -0.2) is 0 Å². The molecule has 0 aliphatic heterocycles. The van der Waals surface area contributed by atoms with Gasteiger partial charge in [-0.2, -0.15) is 0 Å².